The van der Waals surface area contributed by atoms with E-state index >= 15 is 0 Å². The van der Waals surface area contributed by atoms with Crippen LogP contribution in [0.3, 0.4) is 0 Å². The zero-order valence-electron chi connectivity index (χ0n) is 10.9. The van der Waals surface area contributed by atoms with Crippen molar-refractivity contribution in [2.24, 2.45) is 0 Å². The molecule has 0 saturated carbocycles. The molecule has 0 aromatic heterocycles. The van der Waals surface area contributed by atoms with Gasteiger partial charge in [0.25, 0.3) is 0 Å². The van der Waals surface area contributed by atoms with Crippen LogP contribution in [0, 0.1) is 25.5 Å². The summed E-state index contributed by atoms with van der Waals surface area (Å²) in [7, 11) is 0. The van der Waals surface area contributed by atoms with Crippen LogP contribution in [0.1, 0.15) is 28.3 Å². The van der Waals surface area contributed by atoms with E-state index in [-0.39, 0.29) is 6.04 Å². The van der Waals surface area contributed by atoms with Gasteiger partial charge in [-0.25, -0.2) is 8.78 Å². The summed E-state index contributed by atoms with van der Waals surface area (Å²) in [4.78, 5) is 0. The first-order valence-corrected chi connectivity index (χ1v) is 6.36. The van der Waals surface area contributed by atoms with E-state index in [1.165, 1.54) is 17.2 Å². The Morgan fingerprint density at radius 3 is 2.63 bits per heavy atom. The van der Waals surface area contributed by atoms with Gasteiger partial charge in [-0.3, -0.25) is 0 Å². The fourth-order valence-corrected chi connectivity index (χ4v) is 2.80. The van der Waals surface area contributed by atoms with E-state index < -0.39 is 11.6 Å². The molecule has 0 radical (unpaired) electrons. The Kier molecular flexibility index (Phi) is 2.77. The molecule has 3 heteroatoms. The lowest BCUT2D eigenvalue weighted by Gasteiger charge is -2.15. The van der Waals surface area contributed by atoms with Crippen LogP contribution >= 0.6 is 0 Å². The van der Waals surface area contributed by atoms with Gasteiger partial charge in [-0.15, -0.1) is 0 Å². The average Bonchev–Trinajstić information content (AvgIpc) is 2.72. The van der Waals surface area contributed by atoms with E-state index in [0.717, 1.165) is 11.6 Å². The summed E-state index contributed by atoms with van der Waals surface area (Å²) in [6.07, 6.45) is 0.619. The first-order valence-electron chi connectivity index (χ1n) is 6.36. The van der Waals surface area contributed by atoms with Crippen molar-refractivity contribution >= 4 is 5.69 Å². The summed E-state index contributed by atoms with van der Waals surface area (Å²) >= 11 is 0. The zero-order valence-corrected chi connectivity index (χ0v) is 10.9. The van der Waals surface area contributed by atoms with Crippen LogP contribution in [0.4, 0.5) is 14.5 Å². The van der Waals surface area contributed by atoms with E-state index in [1.54, 1.807) is 0 Å². The fourth-order valence-electron chi connectivity index (χ4n) is 2.80. The average molecular weight is 259 g/mol. The SMILES string of the molecule is Cc1ccc(C2Cc3cc(F)cc(F)c3N2)c(C)c1. The van der Waals surface area contributed by atoms with Gasteiger partial charge >= 0.3 is 0 Å². The van der Waals surface area contributed by atoms with E-state index in [4.69, 9.17) is 0 Å². The van der Waals surface area contributed by atoms with Crippen molar-refractivity contribution in [2.45, 2.75) is 26.3 Å². The van der Waals surface area contributed by atoms with Crippen molar-refractivity contribution in [3.63, 3.8) is 0 Å². The standard InChI is InChI=1S/C16H15F2N/c1-9-3-4-13(10(2)5-9)15-7-11-6-12(17)8-14(18)16(11)19-15/h3-6,8,15,19H,7H2,1-2H3. The number of hydrogen-bond acceptors (Lipinski definition) is 1. The van der Waals surface area contributed by atoms with Gasteiger partial charge in [0.1, 0.15) is 11.6 Å². The predicted molar refractivity (Wildman–Crippen MR) is 72.3 cm³/mol. The third kappa shape index (κ3) is 2.09. The molecule has 1 nitrogen and oxygen atoms in total. The Morgan fingerprint density at radius 1 is 1.11 bits per heavy atom. The minimum atomic E-state index is -0.515. The van der Waals surface area contributed by atoms with Crippen molar-refractivity contribution in [3.8, 4) is 0 Å². The van der Waals surface area contributed by atoms with Gasteiger partial charge in [0.05, 0.1) is 11.7 Å². The molecule has 0 bridgehead atoms. The molecule has 0 spiro atoms. The van der Waals surface area contributed by atoms with Crippen LogP contribution in [-0.2, 0) is 6.42 Å². The van der Waals surface area contributed by atoms with Crippen LogP contribution in [0.2, 0.25) is 0 Å². The molecule has 2 aromatic carbocycles. The number of benzene rings is 2. The van der Waals surface area contributed by atoms with Crippen LogP contribution < -0.4 is 5.32 Å². The molecule has 1 aliphatic heterocycles. The summed E-state index contributed by atoms with van der Waals surface area (Å²) in [5.41, 5.74) is 4.66. The van der Waals surface area contributed by atoms with Gasteiger partial charge in [-0.2, -0.15) is 0 Å². The molecule has 2 aromatic rings. The Hall–Kier alpha value is -1.90. The maximum absolute atomic E-state index is 13.7. The molecule has 0 fully saturated rings. The number of nitrogens with one attached hydrogen (secondary N) is 1. The van der Waals surface area contributed by atoms with Crippen LogP contribution in [0.15, 0.2) is 30.3 Å². The number of hydrogen-bond donors (Lipinski definition) is 1. The third-order valence-corrected chi connectivity index (χ3v) is 3.68. The Balaban J connectivity index is 1.97. The van der Waals surface area contributed by atoms with Crippen molar-refractivity contribution in [1.29, 1.82) is 0 Å². The molecule has 19 heavy (non-hydrogen) atoms. The second-order valence-corrected chi connectivity index (χ2v) is 5.18. The molecule has 1 N–H and O–H groups in total. The highest BCUT2D eigenvalue weighted by atomic mass is 19.1. The smallest absolute Gasteiger partial charge is 0.149 e. The topological polar surface area (TPSA) is 12.0 Å². The summed E-state index contributed by atoms with van der Waals surface area (Å²) in [5, 5.41) is 3.16. The maximum Gasteiger partial charge on any atom is 0.149 e. The van der Waals surface area contributed by atoms with Crippen LogP contribution in [-0.4, -0.2) is 0 Å². The van der Waals surface area contributed by atoms with Gasteiger partial charge in [0.2, 0.25) is 0 Å². The third-order valence-electron chi connectivity index (χ3n) is 3.68. The quantitative estimate of drug-likeness (QED) is 0.805. The largest absolute Gasteiger partial charge is 0.375 e. The van der Waals surface area contributed by atoms with Gasteiger partial charge in [0, 0.05) is 6.07 Å². The number of halogens is 2. The zero-order chi connectivity index (χ0) is 13.6. The Labute approximate surface area is 111 Å². The first kappa shape index (κ1) is 12.2. The predicted octanol–water partition coefficient (Wildman–Crippen LogP) is 4.29. The molecule has 1 heterocycles. The summed E-state index contributed by atoms with van der Waals surface area (Å²) < 4.78 is 26.9. The molecule has 0 aliphatic carbocycles. The van der Waals surface area contributed by atoms with Crippen molar-refractivity contribution in [1.82, 2.24) is 0 Å². The van der Waals surface area contributed by atoms with Gasteiger partial charge in [0.15, 0.2) is 0 Å². The lowest BCUT2D eigenvalue weighted by atomic mass is 9.97. The molecule has 1 atom stereocenters. The van der Waals surface area contributed by atoms with Crippen molar-refractivity contribution < 1.29 is 8.78 Å². The normalized spacial score (nSPS) is 17.2. The summed E-state index contributed by atoms with van der Waals surface area (Å²) in [6.45, 7) is 4.09. The monoisotopic (exact) mass is 259 g/mol. The van der Waals surface area contributed by atoms with Crippen molar-refractivity contribution in [2.75, 3.05) is 5.32 Å². The second kappa shape index (κ2) is 4.34. The van der Waals surface area contributed by atoms with Crippen molar-refractivity contribution in [3.05, 3.63) is 64.2 Å². The number of rotatable bonds is 1. The van der Waals surface area contributed by atoms with E-state index in [1.807, 2.05) is 19.9 Å². The molecule has 3 rings (SSSR count). The molecule has 1 unspecified atom stereocenters. The lowest BCUT2D eigenvalue weighted by Crippen LogP contribution is -2.08. The molecule has 1 aliphatic rings. The molecule has 98 valence electrons. The highest BCUT2D eigenvalue weighted by Gasteiger charge is 2.26. The molecular formula is C16H15F2N. The minimum absolute atomic E-state index is 0.0203. The van der Waals surface area contributed by atoms with E-state index in [2.05, 4.69) is 17.4 Å². The number of fused-ring (bicyclic) bond motifs is 1. The van der Waals surface area contributed by atoms with Gasteiger partial charge in [-0.1, -0.05) is 23.8 Å². The Morgan fingerprint density at radius 2 is 1.89 bits per heavy atom. The number of anilines is 1. The lowest BCUT2D eigenvalue weighted by molar-refractivity contribution is 0.585. The van der Waals surface area contributed by atoms with E-state index in [0.29, 0.717) is 17.7 Å². The molecule has 0 amide bonds. The van der Waals surface area contributed by atoms with Crippen LogP contribution in [0.5, 0.6) is 0 Å². The fraction of sp³-hybridized carbons (Fsp3) is 0.250. The van der Waals surface area contributed by atoms with Gasteiger partial charge in [-0.05, 0) is 43.0 Å². The highest BCUT2D eigenvalue weighted by molar-refractivity contribution is 5.60. The summed E-state index contributed by atoms with van der Waals surface area (Å²) in [5.74, 6) is -1.03. The molecule has 0 saturated heterocycles. The number of aryl methyl sites for hydroxylation is 2. The highest BCUT2D eigenvalue weighted by Crippen LogP contribution is 2.37. The first-order chi connectivity index (χ1) is 9.04. The maximum atomic E-state index is 13.7. The second-order valence-electron chi connectivity index (χ2n) is 5.18. The minimum Gasteiger partial charge on any atom is -0.375 e. The van der Waals surface area contributed by atoms with E-state index in [9.17, 15) is 8.78 Å². The summed E-state index contributed by atoms with van der Waals surface area (Å²) in [6, 6.07) is 8.57. The molecular weight excluding hydrogens is 244 g/mol. The van der Waals surface area contributed by atoms with Crippen LogP contribution in [0.25, 0.3) is 0 Å². The Bertz CT molecular complexity index is 649. The van der Waals surface area contributed by atoms with Gasteiger partial charge < -0.3 is 5.32 Å².